The number of rotatable bonds is 7. The van der Waals surface area contributed by atoms with Crippen molar-refractivity contribution in [2.75, 3.05) is 5.75 Å². The second kappa shape index (κ2) is 9.75. The van der Waals surface area contributed by atoms with Gasteiger partial charge in [-0.3, -0.25) is 19.5 Å². The number of benzene rings is 1. The number of amides is 3. The smallest absolute Gasteiger partial charge is 0.321 e. The van der Waals surface area contributed by atoms with E-state index in [0.717, 1.165) is 24.6 Å². The first-order valence-corrected chi connectivity index (χ1v) is 10.1. The highest BCUT2D eigenvalue weighted by Gasteiger charge is 2.15. The summed E-state index contributed by atoms with van der Waals surface area (Å²) in [6.45, 7) is 6.24. The number of hydrogen-bond donors (Lipinski definition) is 2. The zero-order valence-electron chi connectivity index (χ0n) is 15.5. The minimum absolute atomic E-state index is 0.0212. The van der Waals surface area contributed by atoms with Crippen LogP contribution in [0.5, 0.6) is 0 Å². The molecule has 0 aliphatic rings. The number of urea groups is 1. The van der Waals surface area contributed by atoms with Gasteiger partial charge in [0, 0.05) is 17.6 Å². The Bertz CT molecular complexity index is 900. The third-order valence-electron chi connectivity index (χ3n) is 3.90. The third-order valence-corrected chi connectivity index (χ3v) is 5.12. The number of imide groups is 1. The van der Waals surface area contributed by atoms with Crippen molar-refractivity contribution in [3.8, 4) is 0 Å². The van der Waals surface area contributed by atoms with E-state index in [4.69, 9.17) is 11.6 Å². The maximum absolute atomic E-state index is 12.7. The maximum Gasteiger partial charge on any atom is 0.321 e. The molecule has 7 nitrogen and oxygen atoms in total. The first-order chi connectivity index (χ1) is 12.8. The summed E-state index contributed by atoms with van der Waals surface area (Å²) in [7, 11) is 0. The average Bonchev–Trinajstić information content (AvgIpc) is 2.62. The number of nitrogens with one attached hydrogen (secondary N) is 2. The number of aromatic nitrogens is 2. The van der Waals surface area contributed by atoms with Crippen molar-refractivity contribution in [3.05, 3.63) is 33.6 Å². The van der Waals surface area contributed by atoms with Crippen molar-refractivity contribution in [3.63, 3.8) is 0 Å². The van der Waals surface area contributed by atoms with Crippen LogP contribution in [0.3, 0.4) is 0 Å². The summed E-state index contributed by atoms with van der Waals surface area (Å²) in [4.78, 5) is 41.0. The van der Waals surface area contributed by atoms with Gasteiger partial charge in [0.05, 0.1) is 16.7 Å². The van der Waals surface area contributed by atoms with Gasteiger partial charge in [0.25, 0.3) is 5.56 Å². The number of thioether (sulfide) groups is 1. The Morgan fingerprint density at radius 2 is 2.07 bits per heavy atom. The largest absolute Gasteiger partial charge is 0.335 e. The number of carbonyl (C=O) groups is 2. The van der Waals surface area contributed by atoms with Crippen molar-refractivity contribution in [2.24, 2.45) is 0 Å². The van der Waals surface area contributed by atoms with Gasteiger partial charge in [-0.05, 0) is 38.0 Å². The Hall–Kier alpha value is -2.06. The fourth-order valence-electron chi connectivity index (χ4n) is 2.36. The number of fused-ring (bicyclic) bond motifs is 1. The molecule has 146 valence electrons. The van der Waals surface area contributed by atoms with E-state index in [0.29, 0.717) is 27.6 Å². The predicted octanol–water partition coefficient (Wildman–Crippen LogP) is 3.18. The monoisotopic (exact) mass is 410 g/mol. The fraction of sp³-hybridized carbons (Fsp3) is 0.444. The molecule has 1 atom stereocenters. The van der Waals surface area contributed by atoms with E-state index in [9.17, 15) is 14.4 Å². The van der Waals surface area contributed by atoms with Gasteiger partial charge >= 0.3 is 6.03 Å². The Balaban J connectivity index is 2.17. The van der Waals surface area contributed by atoms with Crippen LogP contribution in [0.25, 0.3) is 10.9 Å². The molecule has 0 aliphatic carbocycles. The first kappa shape index (κ1) is 21.2. The molecule has 0 fully saturated rings. The van der Waals surface area contributed by atoms with Crippen LogP contribution in [0.15, 0.2) is 28.2 Å². The lowest BCUT2D eigenvalue weighted by molar-refractivity contribution is -0.117. The molecule has 1 heterocycles. The molecule has 9 heteroatoms. The summed E-state index contributed by atoms with van der Waals surface area (Å²) in [6, 6.07) is 4.38. The molecule has 0 saturated carbocycles. The molecule has 0 aliphatic heterocycles. The molecule has 27 heavy (non-hydrogen) atoms. The van der Waals surface area contributed by atoms with E-state index in [1.807, 2.05) is 20.8 Å². The fourth-order valence-corrected chi connectivity index (χ4v) is 3.35. The first-order valence-electron chi connectivity index (χ1n) is 8.78. The zero-order valence-corrected chi connectivity index (χ0v) is 17.1. The van der Waals surface area contributed by atoms with Crippen LogP contribution in [0, 0.1) is 0 Å². The Morgan fingerprint density at radius 1 is 1.33 bits per heavy atom. The highest BCUT2D eigenvalue weighted by molar-refractivity contribution is 7.99. The summed E-state index contributed by atoms with van der Waals surface area (Å²) >= 11 is 7.11. The van der Waals surface area contributed by atoms with Gasteiger partial charge in [0.1, 0.15) is 0 Å². The normalized spacial score (nSPS) is 12.0. The topological polar surface area (TPSA) is 93.1 Å². The van der Waals surface area contributed by atoms with Gasteiger partial charge in [-0.25, -0.2) is 9.78 Å². The molecule has 2 rings (SSSR count). The van der Waals surface area contributed by atoms with Gasteiger partial charge in [-0.15, -0.1) is 0 Å². The van der Waals surface area contributed by atoms with E-state index in [-0.39, 0.29) is 17.4 Å². The zero-order chi connectivity index (χ0) is 20.0. The number of hydrogen-bond acceptors (Lipinski definition) is 5. The molecular formula is C18H23ClN4O3S. The van der Waals surface area contributed by atoms with Crippen molar-refractivity contribution in [1.82, 2.24) is 20.2 Å². The molecule has 0 radical (unpaired) electrons. The van der Waals surface area contributed by atoms with Crippen LogP contribution >= 0.6 is 23.4 Å². The van der Waals surface area contributed by atoms with E-state index in [2.05, 4.69) is 15.6 Å². The van der Waals surface area contributed by atoms with Crippen molar-refractivity contribution in [2.45, 2.75) is 51.4 Å². The Morgan fingerprint density at radius 3 is 2.74 bits per heavy atom. The lowest BCUT2D eigenvalue weighted by Crippen LogP contribution is -2.44. The summed E-state index contributed by atoms with van der Waals surface area (Å²) in [5.41, 5.74) is 0.313. The SMILES string of the molecule is CCCn1c(SCC(=O)NC(=O)N[C@@H](C)CC)nc2cc(Cl)ccc2c1=O. The lowest BCUT2D eigenvalue weighted by Gasteiger charge is -2.13. The standard InChI is InChI=1S/C18H23ClN4O3S/c1-4-8-23-16(25)13-7-6-12(19)9-14(13)21-18(23)27-10-15(24)22-17(26)20-11(3)5-2/h6-7,9,11H,4-5,8,10H2,1-3H3,(H2,20,22,24,26)/t11-/m0/s1. The van der Waals surface area contributed by atoms with Gasteiger partial charge < -0.3 is 5.32 Å². The molecule has 0 bridgehead atoms. The van der Waals surface area contributed by atoms with Crippen LogP contribution in [0.4, 0.5) is 4.79 Å². The van der Waals surface area contributed by atoms with E-state index >= 15 is 0 Å². The number of halogens is 1. The third kappa shape index (κ3) is 5.71. The van der Waals surface area contributed by atoms with Gasteiger partial charge in [-0.2, -0.15) is 0 Å². The predicted molar refractivity (Wildman–Crippen MR) is 108 cm³/mol. The Kier molecular flexibility index (Phi) is 7.67. The Labute approximate surface area is 166 Å². The van der Waals surface area contributed by atoms with Gasteiger partial charge in [0.2, 0.25) is 5.91 Å². The number of nitrogens with zero attached hydrogens (tertiary/aromatic N) is 2. The second-order valence-corrected chi connectivity index (χ2v) is 7.51. The molecule has 0 spiro atoms. The molecule has 3 amide bonds. The van der Waals surface area contributed by atoms with Crippen LogP contribution in [-0.4, -0.2) is 33.3 Å². The van der Waals surface area contributed by atoms with Crippen molar-refractivity contribution in [1.29, 1.82) is 0 Å². The van der Waals surface area contributed by atoms with Crippen LogP contribution in [0.2, 0.25) is 5.02 Å². The molecule has 0 saturated heterocycles. The number of carbonyl (C=O) groups excluding carboxylic acids is 2. The molecule has 0 unspecified atom stereocenters. The minimum atomic E-state index is -0.529. The van der Waals surface area contributed by atoms with E-state index in [1.165, 1.54) is 0 Å². The van der Waals surface area contributed by atoms with Crippen molar-refractivity contribution >= 4 is 46.2 Å². The second-order valence-electron chi connectivity index (χ2n) is 6.13. The van der Waals surface area contributed by atoms with Crippen LogP contribution in [-0.2, 0) is 11.3 Å². The van der Waals surface area contributed by atoms with Gasteiger partial charge in [0.15, 0.2) is 5.16 Å². The molecule has 1 aromatic carbocycles. The lowest BCUT2D eigenvalue weighted by atomic mass is 10.2. The minimum Gasteiger partial charge on any atom is -0.335 e. The molecule has 2 N–H and O–H groups in total. The summed E-state index contributed by atoms with van der Waals surface area (Å²) in [5, 5.41) is 6.34. The highest BCUT2D eigenvalue weighted by Crippen LogP contribution is 2.20. The maximum atomic E-state index is 12.7. The summed E-state index contributed by atoms with van der Waals surface area (Å²) in [5.74, 6) is -0.486. The summed E-state index contributed by atoms with van der Waals surface area (Å²) in [6.07, 6.45) is 1.51. The van der Waals surface area contributed by atoms with Crippen LogP contribution in [0.1, 0.15) is 33.6 Å². The van der Waals surface area contributed by atoms with E-state index in [1.54, 1.807) is 22.8 Å². The molecule has 1 aromatic heterocycles. The summed E-state index contributed by atoms with van der Waals surface area (Å²) < 4.78 is 1.55. The van der Waals surface area contributed by atoms with Crippen LogP contribution < -0.4 is 16.2 Å². The van der Waals surface area contributed by atoms with E-state index < -0.39 is 11.9 Å². The molecule has 2 aromatic rings. The molecular weight excluding hydrogens is 388 g/mol. The quantitative estimate of drug-likeness (QED) is 0.540. The highest BCUT2D eigenvalue weighted by atomic mass is 35.5. The average molecular weight is 411 g/mol. The van der Waals surface area contributed by atoms with Crippen molar-refractivity contribution < 1.29 is 9.59 Å². The van der Waals surface area contributed by atoms with Gasteiger partial charge in [-0.1, -0.05) is 37.2 Å².